The molecule has 0 radical (unpaired) electrons. The molecule has 0 saturated carbocycles. The van der Waals surface area contributed by atoms with Gasteiger partial charge in [-0.05, 0) is 43.3 Å². The van der Waals surface area contributed by atoms with E-state index < -0.39 is 15.9 Å². The number of para-hydroxylation sites is 1. The third-order valence-electron chi connectivity index (χ3n) is 4.40. The molecule has 162 valence electrons. The first-order valence-corrected chi connectivity index (χ1v) is 11.4. The molecule has 0 fully saturated rings. The second-order valence-corrected chi connectivity index (χ2v) is 8.95. The van der Waals surface area contributed by atoms with Gasteiger partial charge in [-0.3, -0.25) is 9.10 Å². The molecule has 3 aromatic rings. The Morgan fingerprint density at radius 2 is 1.84 bits per heavy atom. The summed E-state index contributed by atoms with van der Waals surface area (Å²) in [5, 5.41) is 2.84. The number of sulfonamides is 1. The van der Waals surface area contributed by atoms with Crippen molar-refractivity contribution in [1.29, 1.82) is 0 Å². The summed E-state index contributed by atoms with van der Waals surface area (Å²) in [6.07, 6.45) is 1.27. The minimum Gasteiger partial charge on any atom is -0.495 e. The van der Waals surface area contributed by atoms with Gasteiger partial charge in [0, 0.05) is 12.7 Å². The van der Waals surface area contributed by atoms with Crippen LogP contribution in [0.1, 0.15) is 17.3 Å². The van der Waals surface area contributed by atoms with Crippen LogP contribution in [0.4, 0.5) is 11.4 Å². The molecule has 0 saturated heterocycles. The molecule has 0 atom stereocenters. The maximum absolute atomic E-state index is 13.3. The summed E-state index contributed by atoms with van der Waals surface area (Å²) >= 11 is 11.7. The number of nitrogens with one attached hydrogen (secondary N) is 1. The minimum absolute atomic E-state index is 0.00145. The molecule has 0 unspecified atom stereocenters. The second kappa shape index (κ2) is 9.55. The summed E-state index contributed by atoms with van der Waals surface area (Å²) in [6.45, 7) is 1.98. The molecule has 31 heavy (non-hydrogen) atoms. The summed E-state index contributed by atoms with van der Waals surface area (Å²) in [5.41, 5.74) is 0.876. The minimum atomic E-state index is -3.89. The van der Waals surface area contributed by atoms with E-state index >= 15 is 0 Å². The Morgan fingerprint density at radius 3 is 2.45 bits per heavy atom. The first-order valence-electron chi connectivity index (χ1n) is 9.16. The van der Waals surface area contributed by atoms with Crippen molar-refractivity contribution in [2.45, 2.75) is 11.8 Å². The maximum Gasteiger partial charge on any atom is 0.264 e. The smallest absolute Gasteiger partial charge is 0.264 e. The van der Waals surface area contributed by atoms with Gasteiger partial charge < -0.3 is 10.1 Å². The van der Waals surface area contributed by atoms with Gasteiger partial charge in [-0.1, -0.05) is 41.4 Å². The highest BCUT2D eigenvalue weighted by atomic mass is 35.5. The van der Waals surface area contributed by atoms with Crippen molar-refractivity contribution < 1.29 is 17.9 Å². The van der Waals surface area contributed by atoms with Crippen molar-refractivity contribution in [1.82, 2.24) is 4.98 Å². The number of benzene rings is 2. The monoisotopic (exact) mass is 479 g/mol. The van der Waals surface area contributed by atoms with Gasteiger partial charge in [0.25, 0.3) is 15.9 Å². The highest BCUT2D eigenvalue weighted by Gasteiger charge is 2.25. The Bertz CT molecular complexity index is 1200. The number of pyridine rings is 1. The lowest BCUT2D eigenvalue weighted by molar-refractivity contribution is 0.102. The highest BCUT2D eigenvalue weighted by Crippen LogP contribution is 2.31. The van der Waals surface area contributed by atoms with E-state index in [0.717, 1.165) is 0 Å². The van der Waals surface area contributed by atoms with Crippen molar-refractivity contribution in [3.63, 3.8) is 0 Å². The van der Waals surface area contributed by atoms with E-state index in [9.17, 15) is 13.2 Å². The Kier molecular flexibility index (Phi) is 7.04. The third kappa shape index (κ3) is 4.92. The number of methoxy groups -OCH3 is 1. The van der Waals surface area contributed by atoms with Crippen LogP contribution in [0.15, 0.2) is 65.7 Å². The van der Waals surface area contributed by atoms with E-state index in [2.05, 4.69) is 10.3 Å². The lowest BCUT2D eigenvalue weighted by Gasteiger charge is -2.23. The summed E-state index contributed by atoms with van der Waals surface area (Å²) < 4.78 is 33.1. The molecular weight excluding hydrogens is 461 g/mol. The molecule has 0 aliphatic rings. The summed E-state index contributed by atoms with van der Waals surface area (Å²) in [6, 6.07) is 14.4. The number of hydrogen-bond acceptors (Lipinski definition) is 5. The van der Waals surface area contributed by atoms with E-state index in [-0.39, 0.29) is 32.9 Å². The number of ether oxygens (including phenoxy) is 1. The fraction of sp³-hybridized carbons (Fsp3) is 0.143. The Labute approximate surface area is 190 Å². The first kappa shape index (κ1) is 22.9. The number of anilines is 2. The van der Waals surface area contributed by atoms with Crippen molar-refractivity contribution >= 4 is 50.5 Å². The zero-order valence-electron chi connectivity index (χ0n) is 16.7. The van der Waals surface area contributed by atoms with Crippen LogP contribution in [0.5, 0.6) is 5.75 Å². The Hall–Kier alpha value is -2.81. The van der Waals surface area contributed by atoms with Crippen molar-refractivity contribution in [3.8, 4) is 5.75 Å². The average Bonchev–Trinajstić information content (AvgIpc) is 2.76. The molecule has 0 aliphatic heterocycles. The zero-order valence-corrected chi connectivity index (χ0v) is 19.0. The van der Waals surface area contributed by atoms with Crippen molar-refractivity contribution in [3.05, 3.63) is 76.5 Å². The Morgan fingerprint density at radius 1 is 1.13 bits per heavy atom. The van der Waals surface area contributed by atoms with Gasteiger partial charge in [0.15, 0.2) is 0 Å². The fourth-order valence-electron chi connectivity index (χ4n) is 2.90. The lowest BCUT2D eigenvalue weighted by atomic mass is 10.2. The SMILES string of the molecule is CCN(c1ccccc1)S(=O)(=O)c1ccc(OC)c(NC(=O)c2cnc(Cl)c(Cl)c2)c1. The molecule has 7 nitrogen and oxygen atoms in total. The predicted octanol–water partition coefficient (Wildman–Crippen LogP) is 4.86. The molecule has 1 amide bonds. The lowest BCUT2D eigenvalue weighted by Crippen LogP contribution is -2.30. The molecule has 0 bridgehead atoms. The second-order valence-electron chi connectivity index (χ2n) is 6.32. The largest absolute Gasteiger partial charge is 0.495 e. The van der Waals surface area contributed by atoms with E-state index in [0.29, 0.717) is 11.4 Å². The molecule has 0 spiro atoms. The number of aromatic nitrogens is 1. The van der Waals surface area contributed by atoms with Gasteiger partial charge in [0.2, 0.25) is 0 Å². The molecule has 1 aromatic heterocycles. The molecule has 1 N–H and O–H groups in total. The van der Waals surface area contributed by atoms with Crippen LogP contribution < -0.4 is 14.4 Å². The average molecular weight is 480 g/mol. The molecule has 3 rings (SSSR count). The zero-order chi connectivity index (χ0) is 22.6. The topological polar surface area (TPSA) is 88.6 Å². The number of carbonyl (C=O) groups excluding carboxylic acids is 1. The molecule has 10 heteroatoms. The van der Waals surface area contributed by atoms with Crippen LogP contribution in [0.25, 0.3) is 0 Å². The summed E-state index contributed by atoms with van der Waals surface area (Å²) in [4.78, 5) is 16.5. The van der Waals surface area contributed by atoms with Crippen LogP contribution in [0.2, 0.25) is 10.2 Å². The number of hydrogen-bond donors (Lipinski definition) is 1. The van der Waals surface area contributed by atoms with Crippen LogP contribution in [-0.4, -0.2) is 33.0 Å². The van der Waals surface area contributed by atoms with Crippen LogP contribution >= 0.6 is 23.2 Å². The van der Waals surface area contributed by atoms with Crippen LogP contribution in [0.3, 0.4) is 0 Å². The van der Waals surface area contributed by atoms with Crippen molar-refractivity contribution in [2.75, 3.05) is 23.3 Å². The third-order valence-corrected chi connectivity index (χ3v) is 6.98. The van der Waals surface area contributed by atoms with E-state index in [4.69, 9.17) is 27.9 Å². The molecular formula is C21H19Cl2N3O4S. The van der Waals surface area contributed by atoms with Gasteiger partial charge in [0.05, 0.1) is 34.0 Å². The van der Waals surface area contributed by atoms with Gasteiger partial charge in [-0.2, -0.15) is 0 Å². The van der Waals surface area contributed by atoms with Crippen molar-refractivity contribution in [2.24, 2.45) is 0 Å². The summed E-state index contributed by atoms with van der Waals surface area (Å²) in [7, 11) is -2.47. The number of rotatable bonds is 7. The van der Waals surface area contributed by atoms with Crippen LogP contribution in [-0.2, 0) is 10.0 Å². The molecule has 2 aromatic carbocycles. The van der Waals surface area contributed by atoms with Gasteiger partial charge in [-0.25, -0.2) is 13.4 Å². The highest BCUT2D eigenvalue weighted by molar-refractivity contribution is 7.92. The standard InChI is InChI=1S/C21H19Cl2N3O4S/c1-3-26(15-7-5-4-6-8-15)31(28,29)16-9-10-19(30-2)18(12-16)25-21(27)14-11-17(22)20(23)24-13-14/h4-13H,3H2,1-2H3,(H,25,27). The van der Waals surface area contributed by atoms with Gasteiger partial charge >= 0.3 is 0 Å². The first-order chi connectivity index (χ1) is 14.8. The number of amides is 1. The fourth-order valence-corrected chi connectivity index (χ4v) is 4.67. The van der Waals surface area contributed by atoms with E-state index in [1.807, 2.05) is 6.07 Å². The van der Waals surface area contributed by atoms with E-state index in [1.54, 1.807) is 31.2 Å². The maximum atomic E-state index is 13.3. The number of nitrogens with zero attached hydrogens (tertiary/aromatic N) is 2. The molecule has 0 aliphatic carbocycles. The van der Waals surface area contributed by atoms with Gasteiger partial charge in [-0.15, -0.1) is 0 Å². The molecule has 1 heterocycles. The van der Waals surface area contributed by atoms with E-state index in [1.165, 1.54) is 41.9 Å². The van der Waals surface area contributed by atoms with Gasteiger partial charge in [0.1, 0.15) is 10.9 Å². The normalized spacial score (nSPS) is 11.1. The quantitative estimate of drug-likeness (QED) is 0.488. The number of carbonyl (C=O) groups is 1. The Balaban J connectivity index is 1.98. The van der Waals surface area contributed by atoms with Crippen LogP contribution in [0, 0.1) is 0 Å². The number of halogens is 2. The predicted molar refractivity (Wildman–Crippen MR) is 122 cm³/mol. The summed E-state index contributed by atoms with van der Waals surface area (Å²) in [5.74, 6) is -0.252.